The van der Waals surface area contributed by atoms with Gasteiger partial charge in [-0.15, -0.1) is 0 Å². The summed E-state index contributed by atoms with van der Waals surface area (Å²) in [5.41, 5.74) is 1.20. The van der Waals surface area contributed by atoms with Crippen LogP contribution < -0.4 is 5.32 Å². The lowest BCUT2D eigenvalue weighted by atomic mass is 9.73. The second-order valence-corrected chi connectivity index (χ2v) is 6.99. The Bertz CT molecular complexity index is 539. The van der Waals surface area contributed by atoms with Gasteiger partial charge in [0.25, 0.3) is 0 Å². The summed E-state index contributed by atoms with van der Waals surface area (Å²) in [6, 6.07) is 10.2. The standard InChI is InChI=1S/C18H25NO3/c1-12(11-18(2,3)13-7-5-4-6-8-13)19-16(20)14-9-10-15(14)17(21)22/h4-8,12,14-15H,9-11H2,1-3H3,(H,19,20)(H,21,22). The van der Waals surface area contributed by atoms with Crippen LogP contribution in [0, 0.1) is 11.8 Å². The van der Waals surface area contributed by atoms with E-state index in [4.69, 9.17) is 5.11 Å². The summed E-state index contributed by atoms with van der Waals surface area (Å²) < 4.78 is 0. The highest BCUT2D eigenvalue weighted by Gasteiger charge is 2.41. The van der Waals surface area contributed by atoms with E-state index in [0.717, 1.165) is 6.42 Å². The number of amides is 1. The van der Waals surface area contributed by atoms with Crippen LogP contribution in [0.1, 0.15) is 45.6 Å². The molecule has 3 atom stereocenters. The molecule has 4 heteroatoms. The highest BCUT2D eigenvalue weighted by atomic mass is 16.4. The fourth-order valence-corrected chi connectivity index (χ4v) is 3.28. The molecule has 1 fully saturated rings. The number of aliphatic carboxylic acids is 1. The maximum atomic E-state index is 12.2. The van der Waals surface area contributed by atoms with Crippen molar-refractivity contribution in [2.24, 2.45) is 11.8 Å². The molecule has 2 rings (SSSR count). The van der Waals surface area contributed by atoms with Crippen LogP contribution in [0.5, 0.6) is 0 Å². The normalized spacial score (nSPS) is 22.5. The first-order valence-corrected chi connectivity index (χ1v) is 7.90. The van der Waals surface area contributed by atoms with Gasteiger partial charge in [-0.05, 0) is 37.2 Å². The van der Waals surface area contributed by atoms with Crippen LogP contribution in [0.15, 0.2) is 30.3 Å². The Morgan fingerprint density at radius 2 is 1.82 bits per heavy atom. The molecule has 0 spiro atoms. The molecule has 0 aliphatic heterocycles. The minimum absolute atomic E-state index is 0.0118. The monoisotopic (exact) mass is 303 g/mol. The fraction of sp³-hybridized carbons (Fsp3) is 0.556. The van der Waals surface area contributed by atoms with Crippen molar-refractivity contribution in [3.8, 4) is 0 Å². The molecule has 22 heavy (non-hydrogen) atoms. The van der Waals surface area contributed by atoms with Crippen LogP contribution in [0.3, 0.4) is 0 Å². The molecule has 4 nitrogen and oxygen atoms in total. The van der Waals surface area contributed by atoms with Crippen LogP contribution in [-0.4, -0.2) is 23.0 Å². The number of nitrogens with one attached hydrogen (secondary N) is 1. The predicted molar refractivity (Wildman–Crippen MR) is 85.5 cm³/mol. The predicted octanol–water partition coefficient (Wildman–Crippen LogP) is 2.97. The zero-order valence-electron chi connectivity index (χ0n) is 13.5. The molecule has 0 heterocycles. The third kappa shape index (κ3) is 3.67. The van der Waals surface area contributed by atoms with E-state index in [-0.39, 0.29) is 23.3 Å². The molecule has 1 aromatic rings. The molecule has 0 saturated heterocycles. The summed E-state index contributed by atoms with van der Waals surface area (Å²) in [5.74, 6) is -1.84. The lowest BCUT2D eigenvalue weighted by molar-refractivity contribution is -0.153. The number of carboxylic acid groups (broad SMARTS) is 1. The number of hydrogen-bond donors (Lipinski definition) is 2. The second-order valence-electron chi connectivity index (χ2n) is 6.99. The SMILES string of the molecule is CC(CC(C)(C)c1ccccc1)NC(=O)C1CCC1C(=O)O. The fourth-order valence-electron chi connectivity index (χ4n) is 3.28. The Balaban J connectivity index is 1.91. The van der Waals surface area contributed by atoms with E-state index >= 15 is 0 Å². The third-order valence-electron chi connectivity index (χ3n) is 4.69. The average Bonchev–Trinajstić information content (AvgIpc) is 2.36. The summed E-state index contributed by atoms with van der Waals surface area (Å²) in [7, 11) is 0. The van der Waals surface area contributed by atoms with Crippen molar-refractivity contribution in [1.82, 2.24) is 5.32 Å². The van der Waals surface area contributed by atoms with E-state index in [9.17, 15) is 9.59 Å². The number of benzene rings is 1. The van der Waals surface area contributed by atoms with Gasteiger partial charge in [-0.1, -0.05) is 44.2 Å². The van der Waals surface area contributed by atoms with Gasteiger partial charge in [0.1, 0.15) is 0 Å². The number of carbonyl (C=O) groups excluding carboxylic acids is 1. The lowest BCUT2D eigenvalue weighted by Gasteiger charge is -2.34. The van der Waals surface area contributed by atoms with E-state index in [0.29, 0.717) is 12.8 Å². The Labute approximate surface area is 131 Å². The Hall–Kier alpha value is -1.84. The third-order valence-corrected chi connectivity index (χ3v) is 4.69. The van der Waals surface area contributed by atoms with Gasteiger partial charge >= 0.3 is 5.97 Å². The van der Waals surface area contributed by atoms with E-state index in [1.165, 1.54) is 5.56 Å². The molecule has 2 N–H and O–H groups in total. The Morgan fingerprint density at radius 1 is 1.23 bits per heavy atom. The second kappa shape index (κ2) is 6.51. The summed E-state index contributed by atoms with van der Waals surface area (Å²) in [6.07, 6.45) is 2.10. The van der Waals surface area contributed by atoms with Gasteiger partial charge in [-0.3, -0.25) is 9.59 Å². The minimum Gasteiger partial charge on any atom is -0.481 e. The largest absolute Gasteiger partial charge is 0.481 e. The van der Waals surface area contributed by atoms with Gasteiger partial charge in [0, 0.05) is 6.04 Å². The molecule has 3 unspecified atom stereocenters. The number of hydrogen-bond acceptors (Lipinski definition) is 2. The van der Waals surface area contributed by atoms with Crippen molar-refractivity contribution >= 4 is 11.9 Å². The molecule has 0 bridgehead atoms. The molecule has 0 aromatic heterocycles. The topological polar surface area (TPSA) is 66.4 Å². The van der Waals surface area contributed by atoms with Gasteiger partial charge in [0.2, 0.25) is 5.91 Å². The number of carbonyl (C=O) groups is 2. The summed E-state index contributed by atoms with van der Waals surface area (Å²) in [4.78, 5) is 23.2. The summed E-state index contributed by atoms with van der Waals surface area (Å²) >= 11 is 0. The lowest BCUT2D eigenvalue weighted by Crippen LogP contribution is -2.47. The van der Waals surface area contributed by atoms with Gasteiger partial charge in [0.15, 0.2) is 0 Å². The average molecular weight is 303 g/mol. The number of rotatable bonds is 6. The van der Waals surface area contributed by atoms with Crippen LogP contribution in [-0.2, 0) is 15.0 Å². The Morgan fingerprint density at radius 3 is 2.32 bits per heavy atom. The van der Waals surface area contributed by atoms with Crippen molar-refractivity contribution in [3.63, 3.8) is 0 Å². The molecule has 1 saturated carbocycles. The maximum absolute atomic E-state index is 12.2. The van der Waals surface area contributed by atoms with Crippen molar-refractivity contribution in [3.05, 3.63) is 35.9 Å². The van der Waals surface area contributed by atoms with E-state index in [2.05, 4.69) is 31.3 Å². The van der Waals surface area contributed by atoms with Crippen molar-refractivity contribution < 1.29 is 14.7 Å². The first-order chi connectivity index (χ1) is 10.3. The van der Waals surface area contributed by atoms with E-state index < -0.39 is 11.9 Å². The van der Waals surface area contributed by atoms with Crippen molar-refractivity contribution in [1.29, 1.82) is 0 Å². The summed E-state index contributed by atoms with van der Waals surface area (Å²) in [6.45, 7) is 6.31. The van der Waals surface area contributed by atoms with Gasteiger partial charge in [-0.2, -0.15) is 0 Å². The van der Waals surface area contributed by atoms with Crippen molar-refractivity contribution in [2.45, 2.75) is 51.5 Å². The van der Waals surface area contributed by atoms with Gasteiger partial charge in [-0.25, -0.2) is 0 Å². The smallest absolute Gasteiger partial charge is 0.307 e. The minimum atomic E-state index is -0.858. The zero-order chi connectivity index (χ0) is 16.3. The highest BCUT2D eigenvalue weighted by molar-refractivity contribution is 5.86. The van der Waals surface area contributed by atoms with E-state index in [1.807, 2.05) is 25.1 Å². The summed E-state index contributed by atoms with van der Waals surface area (Å²) in [5, 5.41) is 12.0. The first kappa shape index (κ1) is 16.5. The van der Waals surface area contributed by atoms with Crippen molar-refractivity contribution in [2.75, 3.05) is 0 Å². The van der Waals surface area contributed by atoms with Crippen LogP contribution in [0.4, 0.5) is 0 Å². The molecule has 1 amide bonds. The zero-order valence-corrected chi connectivity index (χ0v) is 13.5. The maximum Gasteiger partial charge on any atom is 0.307 e. The van der Waals surface area contributed by atoms with Crippen LogP contribution in [0.2, 0.25) is 0 Å². The molecular weight excluding hydrogens is 278 g/mol. The first-order valence-electron chi connectivity index (χ1n) is 7.90. The van der Waals surface area contributed by atoms with Gasteiger partial charge in [0.05, 0.1) is 11.8 Å². The molecule has 0 radical (unpaired) electrons. The Kier molecular flexibility index (Phi) is 4.89. The number of carboxylic acids is 1. The molecular formula is C18H25NO3. The molecule has 1 aliphatic rings. The van der Waals surface area contributed by atoms with Gasteiger partial charge < -0.3 is 10.4 Å². The molecule has 1 aromatic carbocycles. The molecule has 1 aliphatic carbocycles. The van der Waals surface area contributed by atoms with E-state index in [1.54, 1.807) is 0 Å². The quantitative estimate of drug-likeness (QED) is 0.849. The van der Waals surface area contributed by atoms with Crippen LogP contribution >= 0.6 is 0 Å². The highest BCUT2D eigenvalue weighted by Crippen LogP contribution is 2.35. The van der Waals surface area contributed by atoms with Crippen LogP contribution in [0.25, 0.3) is 0 Å². The molecule has 120 valence electrons.